The summed E-state index contributed by atoms with van der Waals surface area (Å²) in [5.41, 5.74) is 0.904. The van der Waals surface area contributed by atoms with Gasteiger partial charge in [0.2, 0.25) is 0 Å². The molecule has 0 aliphatic heterocycles. The van der Waals surface area contributed by atoms with Crippen molar-refractivity contribution in [2.75, 3.05) is 0 Å². The third-order valence-electron chi connectivity index (χ3n) is 2.78. The maximum atomic E-state index is 12.6. The number of carbonyl (C=O) groups excluding carboxylic acids is 1. The average molecular weight is 290 g/mol. The molecule has 1 aromatic heterocycles. The van der Waals surface area contributed by atoms with Gasteiger partial charge in [0.15, 0.2) is 11.6 Å². The van der Waals surface area contributed by atoms with E-state index in [0.29, 0.717) is 16.4 Å². The molecule has 2 aromatic rings. The van der Waals surface area contributed by atoms with Crippen LogP contribution in [0.25, 0.3) is 11.6 Å². The van der Waals surface area contributed by atoms with E-state index < -0.39 is 5.41 Å². The maximum absolute atomic E-state index is 12.6. The Bertz CT molecular complexity index is 622. The molecule has 0 aliphatic carbocycles. The molecule has 0 bridgehead atoms. The van der Waals surface area contributed by atoms with Crippen LogP contribution in [0.3, 0.4) is 0 Å². The number of aromatic amines is 1. The Hall–Kier alpha value is -1.94. The number of carbonyl (C=O) groups is 1. The third kappa shape index (κ3) is 3.33. The fourth-order valence-electron chi connectivity index (χ4n) is 1.71. The first-order chi connectivity index (χ1) is 9.38. The lowest BCUT2D eigenvalue weighted by molar-refractivity contribution is -0.120. The van der Waals surface area contributed by atoms with E-state index in [4.69, 9.17) is 11.6 Å². The molecule has 0 aliphatic rings. The molecule has 1 heterocycles. The summed E-state index contributed by atoms with van der Waals surface area (Å²) in [5, 5.41) is 7.22. The summed E-state index contributed by atoms with van der Waals surface area (Å²) in [5.74, 6) is 0.476. The summed E-state index contributed by atoms with van der Waals surface area (Å²) >= 11 is 5.87. The average Bonchev–Trinajstić information content (AvgIpc) is 2.90. The standard InChI is InChI=1S/C15H16ClN3O/c1-15(2,3)13(20)12(14-17-9-18-19-14)8-10-4-6-11(16)7-5-10/h4-9H,1-3H3,(H,17,18,19). The van der Waals surface area contributed by atoms with Crippen LogP contribution in [0.15, 0.2) is 30.6 Å². The highest BCUT2D eigenvalue weighted by Gasteiger charge is 2.27. The number of allylic oxidation sites excluding steroid dienone is 1. The zero-order valence-electron chi connectivity index (χ0n) is 11.6. The Balaban J connectivity index is 2.47. The van der Waals surface area contributed by atoms with Crippen LogP contribution in [-0.4, -0.2) is 21.0 Å². The number of nitrogens with one attached hydrogen (secondary N) is 1. The molecule has 0 saturated carbocycles. The SMILES string of the molecule is CC(C)(C)C(=O)C(=Cc1ccc(Cl)cc1)c1ncn[nH]1. The normalized spacial score (nSPS) is 12.5. The minimum absolute atomic E-state index is 0.00389. The van der Waals surface area contributed by atoms with Gasteiger partial charge in [0.05, 0.1) is 5.57 Å². The predicted molar refractivity (Wildman–Crippen MR) is 80.2 cm³/mol. The van der Waals surface area contributed by atoms with Crippen molar-refractivity contribution in [3.63, 3.8) is 0 Å². The van der Waals surface area contributed by atoms with Gasteiger partial charge in [-0.3, -0.25) is 9.89 Å². The van der Waals surface area contributed by atoms with Gasteiger partial charge < -0.3 is 0 Å². The van der Waals surface area contributed by atoms with Crippen molar-refractivity contribution in [3.8, 4) is 0 Å². The number of H-pyrrole nitrogens is 1. The Labute approximate surface area is 122 Å². The molecular weight excluding hydrogens is 274 g/mol. The lowest BCUT2D eigenvalue weighted by Crippen LogP contribution is -2.21. The molecule has 1 aromatic carbocycles. The van der Waals surface area contributed by atoms with Crippen molar-refractivity contribution >= 4 is 29.0 Å². The number of aromatic nitrogens is 3. The highest BCUT2D eigenvalue weighted by molar-refractivity contribution is 6.30. The first-order valence-corrected chi connectivity index (χ1v) is 6.63. The number of benzene rings is 1. The fraction of sp³-hybridized carbons (Fsp3) is 0.267. The third-order valence-corrected chi connectivity index (χ3v) is 3.03. The number of ketones is 1. The Morgan fingerprint density at radius 3 is 2.40 bits per heavy atom. The number of Topliss-reactive ketones (excluding diaryl/α,β-unsaturated/α-hetero) is 1. The molecule has 2 rings (SSSR count). The molecule has 0 atom stereocenters. The second-order valence-corrected chi connectivity index (χ2v) is 5.96. The minimum atomic E-state index is -0.495. The summed E-state index contributed by atoms with van der Waals surface area (Å²) in [6.45, 7) is 5.63. The molecule has 0 saturated heterocycles. The quantitative estimate of drug-likeness (QED) is 0.878. The van der Waals surface area contributed by atoms with Crippen molar-refractivity contribution in [2.24, 2.45) is 5.41 Å². The summed E-state index contributed by atoms with van der Waals surface area (Å²) in [4.78, 5) is 16.6. The van der Waals surface area contributed by atoms with Gasteiger partial charge >= 0.3 is 0 Å². The molecule has 0 fully saturated rings. The van der Waals surface area contributed by atoms with Gasteiger partial charge in [0.1, 0.15) is 6.33 Å². The van der Waals surface area contributed by atoms with Crippen LogP contribution < -0.4 is 0 Å². The van der Waals surface area contributed by atoms with Crippen molar-refractivity contribution < 1.29 is 4.79 Å². The summed E-state index contributed by atoms with van der Waals surface area (Å²) in [7, 11) is 0. The highest BCUT2D eigenvalue weighted by atomic mass is 35.5. The number of hydrogen-bond donors (Lipinski definition) is 1. The minimum Gasteiger partial charge on any atom is -0.293 e. The predicted octanol–water partition coefficient (Wildman–Crippen LogP) is 3.61. The molecule has 5 heteroatoms. The summed E-state index contributed by atoms with van der Waals surface area (Å²) < 4.78 is 0. The summed E-state index contributed by atoms with van der Waals surface area (Å²) in [6, 6.07) is 7.28. The lowest BCUT2D eigenvalue weighted by atomic mass is 9.85. The Morgan fingerprint density at radius 2 is 1.90 bits per heavy atom. The van der Waals surface area contributed by atoms with Crippen LogP contribution in [0.5, 0.6) is 0 Å². The van der Waals surface area contributed by atoms with Gasteiger partial charge in [0, 0.05) is 10.4 Å². The molecular formula is C15H16ClN3O. The number of hydrogen-bond acceptors (Lipinski definition) is 3. The van der Waals surface area contributed by atoms with Gasteiger partial charge in [-0.2, -0.15) is 5.10 Å². The first-order valence-electron chi connectivity index (χ1n) is 6.26. The molecule has 104 valence electrons. The van der Waals surface area contributed by atoms with E-state index in [1.807, 2.05) is 32.9 Å². The van der Waals surface area contributed by atoms with Crippen LogP contribution in [0, 0.1) is 5.41 Å². The van der Waals surface area contributed by atoms with E-state index in [1.165, 1.54) is 6.33 Å². The van der Waals surface area contributed by atoms with Gasteiger partial charge in [-0.1, -0.05) is 44.5 Å². The topological polar surface area (TPSA) is 58.6 Å². The Kier molecular flexibility index (Phi) is 4.04. The van der Waals surface area contributed by atoms with Gasteiger partial charge in [-0.15, -0.1) is 0 Å². The molecule has 0 amide bonds. The van der Waals surface area contributed by atoms with Crippen molar-refractivity contribution in [1.82, 2.24) is 15.2 Å². The van der Waals surface area contributed by atoms with E-state index in [-0.39, 0.29) is 5.78 Å². The molecule has 0 spiro atoms. The molecule has 1 N–H and O–H groups in total. The largest absolute Gasteiger partial charge is 0.293 e. The van der Waals surface area contributed by atoms with E-state index >= 15 is 0 Å². The lowest BCUT2D eigenvalue weighted by Gasteiger charge is -2.17. The number of rotatable bonds is 3. The van der Waals surface area contributed by atoms with Crippen LogP contribution in [0.2, 0.25) is 5.02 Å². The number of halogens is 1. The fourth-order valence-corrected chi connectivity index (χ4v) is 1.83. The highest BCUT2D eigenvalue weighted by Crippen LogP contribution is 2.26. The van der Waals surface area contributed by atoms with Crippen molar-refractivity contribution in [3.05, 3.63) is 47.0 Å². The smallest absolute Gasteiger partial charge is 0.171 e. The van der Waals surface area contributed by atoms with Crippen molar-refractivity contribution in [1.29, 1.82) is 0 Å². The van der Waals surface area contributed by atoms with Crippen LogP contribution in [-0.2, 0) is 4.79 Å². The van der Waals surface area contributed by atoms with Gasteiger partial charge in [-0.05, 0) is 23.8 Å². The zero-order valence-corrected chi connectivity index (χ0v) is 12.4. The van der Waals surface area contributed by atoms with Gasteiger partial charge in [0.25, 0.3) is 0 Å². The molecule has 4 nitrogen and oxygen atoms in total. The first kappa shape index (κ1) is 14.5. The van der Waals surface area contributed by atoms with E-state index in [9.17, 15) is 4.79 Å². The molecule has 0 radical (unpaired) electrons. The molecule has 20 heavy (non-hydrogen) atoms. The second-order valence-electron chi connectivity index (χ2n) is 5.52. The second kappa shape index (κ2) is 5.59. The van der Waals surface area contributed by atoms with Crippen LogP contribution >= 0.6 is 11.6 Å². The van der Waals surface area contributed by atoms with E-state index in [0.717, 1.165) is 5.56 Å². The maximum Gasteiger partial charge on any atom is 0.171 e. The monoisotopic (exact) mass is 289 g/mol. The van der Waals surface area contributed by atoms with Crippen LogP contribution in [0.1, 0.15) is 32.2 Å². The number of nitrogens with zero attached hydrogens (tertiary/aromatic N) is 2. The Morgan fingerprint density at radius 1 is 1.25 bits per heavy atom. The van der Waals surface area contributed by atoms with Crippen LogP contribution in [0.4, 0.5) is 0 Å². The summed E-state index contributed by atoms with van der Waals surface area (Å²) in [6.07, 6.45) is 3.19. The zero-order chi connectivity index (χ0) is 14.8. The molecule has 0 unspecified atom stereocenters. The van der Waals surface area contributed by atoms with Crippen molar-refractivity contribution in [2.45, 2.75) is 20.8 Å². The van der Waals surface area contributed by atoms with E-state index in [2.05, 4.69) is 15.2 Å². The van der Waals surface area contributed by atoms with Gasteiger partial charge in [-0.25, -0.2) is 4.98 Å². The van der Waals surface area contributed by atoms with E-state index in [1.54, 1.807) is 18.2 Å².